The largest absolute Gasteiger partial charge is 0.456 e. The standard InChI is InChI=1S/C48H29NO2/c1-3-16-32-30(14-1)31-15-2-4-17-33(31)35-19-6-10-24-41(35)49(40-23-9-5-18-34(32)40)42-29-28-37(47-39-21-8-12-26-44(39)51-48(42)47)36-22-13-27-45-46(36)38-20-7-11-25-43(38)50-45/h1-29H. The van der Waals surface area contributed by atoms with Crippen LogP contribution in [0.5, 0.6) is 0 Å². The zero-order valence-corrected chi connectivity index (χ0v) is 27.5. The molecule has 0 bridgehead atoms. The van der Waals surface area contributed by atoms with Gasteiger partial charge in [-0.15, -0.1) is 0 Å². The molecule has 3 heterocycles. The maximum Gasteiger partial charge on any atom is 0.160 e. The molecule has 11 aromatic rings. The lowest BCUT2D eigenvalue weighted by atomic mass is 9.94. The molecule has 0 radical (unpaired) electrons. The highest BCUT2D eigenvalue weighted by molar-refractivity contribution is 6.22. The molecule has 0 N–H and O–H groups in total. The molecule has 0 spiro atoms. The third-order valence-corrected chi connectivity index (χ3v) is 10.5. The molecular formula is C48H29NO2. The van der Waals surface area contributed by atoms with Gasteiger partial charge >= 0.3 is 0 Å². The van der Waals surface area contributed by atoms with E-state index in [1.54, 1.807) is 0 Å². The number of fused-ring (bicyclic) bond motifs is 13. The minimum Gasteiger partial charge on any atom is -0.456 e. The van der Waals surface area contributed by atoms with Gasteiger partial charge in [-0.3, -0.25) is 0 Å². The Bertz CT molecular complexity index is 3160. The molecule has 3 aromatic heterocycles. The zero-order valence-electron chi connectivity index (χ0n) is 27.5. The lowest BCUT2D eigenvalue weighted by Gasteiger charge is -2.16. The number of nitrogens with zero attached hydrogens (tertiary/aromatic N) is 1. The van der Waals surface area contributed by atoms with Crippen molar-refractivity contribution in [3.05, 3.63) is 176 Å². The Labute approximate surface area is 292 Å². The first kappa shape index (κ1) is 28.0. The first-order valence-corrected chi connectivity index (χ1v) is 17.4. The van der Waals surface area contributed by atoms with Crippen LogP contribution in [0.2, 0.25) is 0 Å². The molecule has 0 fully saturated rings. The van der Waals surface area contributed by atoms with Gasteiger partial charge in [-0.25, -0.2) is 0 Å². The Morgan fingerprint density at radius 3 is 1.33 bits per heavy atom. The summed E-state index contributed by atoms with van der Waals surface area (Å²) in [5.74, 6) is 0. The van der Waals surface area contributed by atoms with Gasteiger partial charge in [0.1, 0.15) is 16.7 Å². The van der Waals surface area contributed by atoms with Crippen LogP contribution in [0.4, 0.5) is 0 Å². The Morgan fingerprint density at radius 1 is 0.294 bits per heavy atom. The molecule has 0 unspecified atom stereocenters. The Balaban J connectivity index is 1.37. The van der Waals surface area contributed by atoms with E-state index < -0.39 is 0 Å². The summed E-state index contributed by atoms with van der Waals surface area (Å²) in [6.45, 7) is 0. The van der Waals surface area contributed by atoms with Crippen molar-refractivity contribution in [3.63, 3.8) is 0 Å². The molecule has 0 aliphatic heterocycles. The lowest BCUT2D eigenvalue weighted by molar-refractivity contribution is 0.666. The van der Waals surface area contributed by atoms with Gasteiger partial charge in [0.2, 0.25) is 0 Å². The van der Waals surface area contributed by atoms with E-state index in [2.05, 4.69) is 162 Å². The first-order valence-electron chi connectivity index (χ1n) is 17.4. The van der Waals surface area contributed by atoms with Crippen LogP contribution in [0.3, 0.4) is 0 Å². The minimum absolute atomic E-state index is 0.837. The third kappa shape index (κ3) is 4.06. The highest BCUT2D eigenvalue weighted by Crippen LogP contribution is 2.45. The molecule has 51 heavy (non-hydrogen) atoms. The summed E-state index contributed by atoms with van der Waals surface area (Å²) in [6.07, 6.45) is 0. The average Bonchev–Trinajstić information content (AvgIpc) is 3.79. The topological polar surface area (TPSA) is 31.2 Å². The summed E-state index contributed by atoms with van der Waals surface area (Å²) in [6, 6.07) is 62.6. The van der Waals surface area contributed by atoms with Crippen molar-refractivity contribution in [1.82, 2.24) is 4.57 Å². The number of para-hydroxylation sites is 4. The highest BCUT2D eigenvalue weighted by Gasteiger charge is 2.21. The van der Waals surface area contributed by atoms with Crippen LogP contribution in [0, 0.1) is 0 Å². The summed E-state index contributed by atoms with van der Waals surface area (Å²) in [5.41, 5.74) is 8.83. The predicted molar refractivity (Wildman–Crippen MR) is 213 cm³/mol. The molecule has 0 atom stereocenters. The number of benzene rings is 8. The number of rotatable bonds is 2. The molecule has 3 nitrogen and oxygen atoms in total. The molecule has 0 aliphatic carbocycles. The Hall–Kier alpha value is -6.84. The van der Waals surface area contributed by atoms with Gasteiger partial charge in [0, 0.05) is 32.3 Å². The lowest BCUT2D eigenvalue weighted by Crippen LogP contribution is -1.99. The average molecular weight is 652 g/mol. The van der Waals surface area contributed by atoms with Gasteiger partial charge in [-0.1, -0.05) is 140 Å². The molecule has 0 saturated carbocycles. The van der Waals surface area contributed by atoms with Gasteiger partial charge in [0.05, 0.1) is 16.7 Å². The quantitative estimate of drug-likeness (QED) is 0.186. The fraction of sp³-hybridized carbons (Fsp3) is 0. The van der Waals surface area contributed by atoms with Gasteiger partial charge in [0.15, 0.2) is 5.58 Å². The van der Waals surface area contributed by atoms with Crippen LogP contribution in [0.15, 0.2) is 185 Å². The summed E-state index contributed by atoms with van der Waals surface area (Å²) in [4.78, 5) is 0. The first-order chi connectivity index (χ1) is 25.3. The van der Waals surface area contributed by atoms with E-state index in [9.17, 15) is 0 Å². The van der Waals surface area contributed by atoms with E-state index in [1.165, 1.54) is 21.5 Å². The van der Waals surface area contributed by atoms with E-state index >= 15 is 0 Å². The SMILES string of the molecule is c1ccc2c(c1)oc1cccc(-c3ccc(-n4c5ccccc5c5ccccc5c5ccccc5c5ccccc54)c4oc5ccccc5c34)c12. The van der Waals surface area contributed by atoms with Crippen molar-refractivity contribution in [2.24, 2.45) is 0 Å². The van der Waals surface area contributed by atoms with Crippen LogP contribution >= 0.6 is 0 Å². The molecule has 0 saturated heterocycles. The predicted octanol–water partition coefficient (Wildman–Crippen LogP) is 13.7. The van der Waals surface area contributed by atoms with E-state index in [1.807, 2.05) is 18.2 Å². The summed E-state index contributed by atoms with van der Waals surface area (Å²) in [5, 5.41) is 11.5. The third-order valence-electron chi connectivity index (χ3n) is 10.5. The van der Waals surface area contributed by atoms with E-state index in [4.69, 9.17) is 8.83 Å². The molecule has 3 heteroatoms. The fourth-order valence-electron chi connectivity index (χ4n) is 8.30. The summed E-state index contributed by atoms with van der Waals surface area (Å²) >= 11 is 0. The highest BCUT2D eigenvalue weighted by atomic mass is 16.3. The molecule has 0 amide bonds. The van der Waals surface area contributed by atoms with Gasteiger partial charge in [-0.05, 0) is 69.1 Å². The zero-order chi connectivity index (χ0) is 33.5. The van der Waals surface area contributed by atoms with Gasteiger partial charge < -0.3 is 13.4 Å². The number of hydrogen-bond donors (Lipinski definition) is 0. The maximum absolute atomic E-state index is 6.99. The monoisotopic (exact) mass is 651 g/mol. The van der Waals surface area contributed by atoms with Crippen molar-refractivity contribution in [3.8, 4) is 16.8 Å². The van der Waals surface area contributed by atoms with E-state index in [0.717, 1.165) is 82.5 Å². The van der Waals surface area contributed by atoms with E-state index in [-0.39, 0.29) is 0 Å². The maximum atomic E-state index is 6.99. The summed E-state index contributed by atoms with van der Waals surface area (Å²) in [7, 11) is 0. The van der Waals surface area contributed by atoms with Crippen LogP contribution < -0.4 is 0 Å². The molecule has 238 valence electrons. The van der Waals surface area contributed by atoms with E-state index in [0.29, 0.717) is 0 Å². The van der Waals surface area contributed by atoms with Crippen molar-refractivity contribution in [2.75, 3.05) is 0 Å². The second-order valence-corrected chi connectivity index (χ2v) is 13.2. The van der Waals surface area contributed by atoms with Crippen LogP contribution in [0.25, 0.3) is 104 Å². The minimum atomic E-state index is 0.837. The van der Waals surface area contributed by atoms with Crippen LogP contribution in [-0.2, 0) is 0 Å². The second-order valence-electron chi connectivity index (χ2n) is 13.2. The van der Waals surface area contributed by atoms with Crippen molar-refractivity contribution < 1.29 is 8.83 Å². The number of aromatic nitrogens is 1. The van der Waals surface area contributed by atoms with Crippen LogP contribution in [0.1, 0.15) is 0 Å². The molecule has 11 rings (SSSR count). The Kier molecular flexibility index (Phi) is 5.96. The Morgan fingerprint density at radius 2 is 0.725 bits per heavy atom. The smallest absolute Gasteiger partial charge is 0.160 e. The molecule has 8 aromatic carbocycles. The second kappa shape index (κ2) is 10.8. The van der Waals surface area contributed by atoms with Crippen molar-refractivity contribution in [1.29, 1.82) is 0 Å². The van der Waals surface area contributed by atoms with Crippen molar-refractivity contribution >= 4 is 87.2 Å². The van der Waals surface area contributed by atoms with Gasteiger partial charge in [-0.2, -0.15) is 0 Å². The molecule has 0 aliphatic rings. The number of hydrogen-bond acceptors (Lipinski definition) is 2. The fourth-order valence-corrected chi connectivity index (χ4v) is 8.30. The molecular weight excluding hydrogens is 623 g/mol. The normalized spacial score (nSPS) is 11.9. The van der Waals surface area contributed by atoms with Crippen molar-refractivity contribution in [2.45, 2.75) is 0 Å². The number of furan rings is 2. The van der Waals surface area contributed by atoms with Crippen LogP contribution in [-0.4, -0.2) is 4.57 Å². The summed E-state index contributed by atoms with van der Waals surface area (Å²) < 4.78 is 15.8. The van der Waals surface area contributed by atoms with Gasteiger partial charge in [0.25, 0.3) is 0 Å².